The van der Waals surface area contributed by atoms with Gasteiger partial charge in [-0.3, -0.25) is 4.79 Å². The summed E-state index contributed by atoms with van der Waals surface area (Å²) in [5.74, 6) is -0.617. The Bertz CT molecular complexity index is 825. The molecule has 1 amide bonds. The highest BCUT2D eigenvalue weighted by Crippen LogP contribution is 2.41. The van der Waals surface area contributed by atoms with Crippen molar-refractivity contribution >= 4 is 5.91 Å². The zero-order chi connectivity index (χ0) is 29.1. The molecule has 4 aliphatic rings. The van der Waals surface area contributed by atoms with E-state index in [1.807, 2.05) is 0 Å². The van der Waals surface area contributed by atoms with Crippen LogP contribution in [0.4, 0.5) is 0 Å². The molecule has 0 aromatic heterocycles. The molecule has 10 unspecified atom stereocenters. The summed E-state index contributed by atoms with van der Waals surface area (Å²) in [5.41, 5.74) is 6.47. The van der Waals surface area contributed by atoms with Crippen molar-refractivity contribution < 1.29 is 48.2 Å². The molecule has 12 heteroatoms. The lowest BCUT2D eigenvalue weighted by Crippen LogP contribution is -2.67. The molecule has 40 heavy (non-hydrogen) atoms. The SMILES string of the molecule is COC1CC(COCC2(C)CCC2)C(OC2OC(COCC3(C)COC3)C(OC)C(O)C2NC(C)=O)C(O)C1N. The van der Waals surface area contributed by atoms with Crippen molar-refractivity contribution in [3.63, 3.8) is 0 Å². The van der Waals surface area contributed by atoms with Gasteiger partial charge >= 0.3 is 0 Å². The van der Waals surface area contributed by atoms with Crippen molar-refractivity contribution in [1.29, 1.82) is 0 Å². The van der Waals surface area contributed by atoms with Gasteiger partial charge in [0.05, 0.1) is 64.0 Å². The molecule has 12 nitrogen and oxygen atoms in total. The molecule has 2 saturated heterocycles. The van der Waals surface area contributed by atoms with Gasteiger partial charge < -0.3 is 54.4 Å². The van der Waals surface area contributed by atoms with Crippen LogP contribution in [0.5, 0.6) is 0 Å². The first-order chi connectivity index (χ1) is 19.0. The number of rotatable bonds is 13. The predicted molar refractivity (Wildman–Crippen MR) is 143 cm³/mol. The van der Waals surface area contributed by atoms with Crippen LogP contribution in [-0.4, -0.2) is 125 Å². The predicted octanol–water partition coefficient (Wildman–Crippen LogP) is -0.0399. The summed E-state index contributed by atoms with van der Waals surface area (Å²) in [6.07, 6.45) is -1.96. The van der Waals surface area contributed by atoms with Crippen LogP contribution in [0.15, 0.2) is 0 Å². The number of carbonyl (C=O) groups is 1. The van der Waals surface area contributed by atoms with Crippen LogP contribution in [0.1, 0.15) is 46.5 Å². The number of ether oxygens (including phenoxy) is 7. The van der Waals surface area contributed by atoms with Crippen molar-refractivity contribution in [2.24, 2.45) is 22.5 Å². The van der Waals surface area contributed by atoms with Crippen LogP contribution in [0.2, 0.25) is 0 Å². The average molecular weight is 575 g/mol. The van der Waals surface area contributed by atoms with Crippen LogP contribution in [0.3, 0.4) is 0 Å². The van der Waals surface area contributed by atoms with E-state index >= 15 is 0 Å². The van der Waals surface area contributed by atoms with E-state index in [9.17, 15) is 15.0 Å². The zero-order valence-corrected chi connectivity index (χ0v) is 24.6. The standard InChI is InChI=1S/C28H50N2O10/c1-16(31)30-21-23(33)25(35-5)19(11-37-13-28(3)14-38-15-28)39-26(21)40-24-17(9-18(34-4)20(29)22(24)32)10-36-12-27(2)7-6-8-27/h17-26,32-33H,6-15,29H2,1-5H3,(H,30,31). The fraction of sp³-hybridized carbons (Fsp3) is 0.964. The molecular weight excluding hydrogens is 524 g/mol. The highest BCUT2D eigenvalue weighted by molar-refractivity contribution is 5.73. The number of aliphatic hydroxyl groups is 2. The van der Waals surface area contributed by atoms with E-state index in [1.54, 1.807) is 7.11 Å². The van der Waals surface area contributed by atoms with E-state index in [0.717, 1.165) is 12.8 Å². The number of carbonyl (C=O) groups excluding carboxylic acids is 1. The van der Waals surface area contributed by atoms with Crippen molar-refractivity contribution in [2.45, 2.75) is 101 Å². The van der Waals surface area contributed by atoms with Crippen LogP contribution < -0.4 is 11.1 Å². The molecule has 0 radical (unpaired) electrons. The fourth-order valence-corrected chi connectivity index (χ4v) is 6.26. The van der Waals surface area contributed by atoms with E-state index in [4.69, 9.17) is 38.9 Å². The van der Waals surface area contributed by atoms with Gasteiger partial charge in [-0.15, -0.1) is 0 Å². The first-order valence-corrected chi connectivity index (χ1v) is 14.5. The summed E-state index contributed by atoms with van der Waals surface area (Å²) >= 11 is 0. The molecule has 2 saturated carbocycles. The van der Waals surface area contributed by atoms with E-state index in [1.165, 1.54) is 20.5 Å². The third kappa shape index (κ3) is 7.34. The van der Waals surface area contributed by atoms with Crippen molar-refractivity contribution in [2.75, 3.05) is 53.9 Å². The minimum Gasteiger partial charge on any atom is -0.389 e. The Morgan fingerprint density at radius 3 is 2.23 bits per heavy atom. The van der Waals surface area contributed by atoms with Crippen LogP contribution >= 0.6 is 0 Å². The number of hydrogen-bond acceptors (Lipinski definition) is 11. The second-order valence-electron chi connectivity index (χ2n) is 12.9. The maximum Gasteiger partial charge on any atom is 0.217 e. The molecule has 2 aliphatic heterocycles. The van der Waals surface area contributed by atoms with Gasteiger partial charge in [-0.05, 0) is 24.7 Å². The Hall–Kier alpha value is -0.930. The third-order valence-corrected chi connectivity index (χ3v) is 9.05. The van der Waals surface area contributed by atoms with E-state index in [2.05, 4.69) is 19.2 Å². The fourth-order valence-electron chi connectivity index (χ4n) is 6.26. The largest absolute Gasteiger partial charge is 0.389 e. The lowest BCUT2D eigenvalue weighted by Gasteiger charge is -2.48. The maximum absolute atomic E-state index is 12.1. The van der Waals surface area contributed by atoms with Gasteiger partial charge in [-0.1, -0.05) is 20.3 Å². The Morgan fingerprint density at radius 2 is 1.68 bits per heavy atom. The molecule has 232 valence electrons. The molecule has 4 rings (SSSR count). The van der Waals surface area contributed by atoms with Gasteiger partial charge in [0, 0.05) is 32.5 Å². The minimum absolute atomic E-state index is 0.0610. The molecule has 4 fully saturated rings. The van der Waals surface area contributed by atoms with Gasteiger partial charge in [0.15, 0.2) is 6.29 Å². The van der Waals surface area contributed by atoms with Crippen molar-refractivity contribution in [3.8, 4) is 0 Å². The highest BCUT2D eigenvalue weighted by Gasteiger charge is 2.51. The summed E-state index contributed by atoms with van der Waals surface area (Å²) in [6.45, 7) is 8.47. The number of hydrogen-bond donors (Lipinski definition) is 4. The van der Waals surface area contributed by atoms with Crippen LogP contribution in [-0.2, 0) is 38.0 Å². The Kier molecular flexibility index (Phi) is 10.9. The van der Waals surface area contributed by atoms with Crippen LogP contribution in [0, 0.1) is 16.7 Å². The Balaban J connectivity index is 1.49. The highest BCUT2D eigenvalue weighted by atomic mass is 16.7. The second kappa shape index (κ2) is 13.6. The maximum atomic E-state index is 12.1. The number of methoxy groups -OCH3 is 2. The molecule has 0 spiro atoms. The summed E-state index contributed by atoms with van der Waals surface area (Å²) in [4.78, 5) is 12.1. The average Bonchev–Trinajstić information content (AvgIpc) is 2.87. The summed E-state index contributed by atoms with van der Waals surface area (Å²) in [5, 5.41) is 25.3. The topological polar surface area (TPSA) is 160 Å². The van der Waals surface area contributed by atoms with Gasteiger partial charge in [-0.25, -0.2) is 0 Å². The summed E-state index contributed by atoms with van der Waals surface area (Å²) < 4.78 is 41.3. The van der Waals surface area contributed by atoms with Gasteiger partial charge in [0.2, 0.25) is 5.91 Å². The van der Waals surface area contributed by atoms with Gasteiger partial charge in [0.1, 0.15) is 24.4 Å². The lowest BCUT2D eigenvalue weighted by molar-refractivity contribution is -0.307. The molecule has 0 bridgehead atoms. The first kappa shape index (κ1) is 32.0. The normalized spacial score (nSPS) is 40.6. The third-order valence-electron chi connectivity index (χ3n) is 9.05. The Morgan fingerprint density at radius 1 is 1.00 bits per heavy atom. The molecule has 10 atom stereocenters. The molecule has 0 aromatic carbocycles. The second-order valence-corrected chi connectivity index (χ2v) is 12.9. The van der Waals surface area contributed by atoms with E-state index in [-0.39, 0.29) is 35.4 Å². The monoisotopic (exact) mass is 574 g/mol. The van der Waals surface area contributed by atoms with Gasteiger partial charge in [-0.2, -0.15) is 0 Å². The summed E-state index contributed by atoms with van der Waals surface area (Å²) in [6, 6.07) is -1.64. The molecule has 5 N–H and O–H groups in total. The number of aliphatic hydroxyl groups excluding tert-OH is 2. The van der Waals surface area contributed by atoms with Crippen LogP contribution in [0.25, 0.3) is 0 Å². The molecule has 2 aliphatic carbocycles. The summed E-state index contributed by atoms with van der Waals surface area (Å²) in [7, 11) is 3.05. The van der Waals surface area contributed by atoms with Gasteiger partial charge in [0.25, 0.3) is 0 Å². The van der Waals surface area contributed by atoms with Crippen molar-refractivity contribution in [3.05, 3.63) is 0 Å². The number of nitrogens with one attached hydrogen (secondary N) is 1. The first-order valence-electron chi connectivity index (χ1n) is 14.5. The lowest BCUT2D eigenvalue weighted by atomic mass is 9.71. The number of amides is 1. The Labute approximate surface area is 237 Å². The van der Waals surface area contributed by atoms with E-state index in [0.29, 0.717) is 39.5 Å². The quantitative estimate of drug-likeness (QED) is 0.234. The smallest absolute Gasteiger partial charge is 0.217 e. The minimum atomic E-state index is -1.15. The number of nitrogens with two attached hydrogens (primary N) is 1. The van der Waals surface area contributed by atoms with Crippen molar-refractivity contribution in [1.82, 2.24) is 5.32 Å². The molecular formula is C28H50N2O10. The van der Waals surface area contributed by atoms with E-state index < -0.39 is 48.9 Å². The zero-order valence-electron chi connectivity index (χ0n) is 24.6. The molecule has 0 aromatic rings. The molecule has 2 heterocycles.